The molecule has 2 heterocycles. The summed E-state index contributed by atoms with van der Waals surface area (Å²) in [5, 5.41) is 3.29. The van der Waals surface area contributed by atoms with E-state index in [2.05, 4.69) is 15.0 Å². The van der Waals surface area contributed by atoms with E-state index in [0.717, 1.165) is 27.6 Å². The molecule has 0 fully saturated rings. The van der Waals surface area contributed by atoms with Crippen molar-refractivity contribution in [1.29, 1.82) is 0 Å². The normalized spacial score (nSPS) is 13.2. The Morgan fingerprint density at radius 2 is 1.79 bits per heavy atom. The second kappa shape index (κ2) is 8.77. The Morgan fingerprint density at radius 1 is 1.09 bits per heavy atom. The van der Waals surface area contributed by atoms with E-state index in [4.69, 9.17) is 9.47 Å². The van der Waals surface area contributed by atoms with Crippen molar-refractivity contribution in [3.63, 3.8) is 0 Å². The molecule has 174 valence electrons. The van der Waals surface area contributed by atoms with E-state index in [9.17, 15) is 13.2 Å². The van der Waals surface area contributed by atoms with Gasteiger partial charge in [0.1, 0.15) is 0 Å². The number of aromatic nitrogens is 1. The number of fused-ring (bicyclic) bond motifs is 1. The monoisotopic (exact) mass is 487 g/mol. The van der Waals surface area contributed by atoms with Gasteiger partial charge < -0.3 is 9.47 Å². The lowest BCUT2D eigenvalue weighted by Gasteiger charge is -2.20. The number of carbonyl (C=O) groups excluding carboxylic acids is 1. The molecule has 0 saturated heterocycles. The van der Waals surface area contributed by atoms with Gasteiger partial charge in [-0.3, -0.25) is 10.1 Å². The van der Waals surface area contributed by atoms with Gasteiger partial charge in [0.25, 0.3) is 5.91 Å². The van der Waals surface area contributed by atoms with Gasteiger partial charge in [-0.1, -0.05) is 6.07 Å². The number of nitrogens with one attached hydrogen (secondary N) is 2. The molecule has 10 heteroatoms. The topological polar surface area (TPSA) is 107 Å². The first-order chi connectivity index (χ1) is 15.5. The number of amides is 1. The van der Waals surface area contributed by atoms with E-state index in [0.29, 0.717) is 17.1 Å². The van der Waals surface area contributed by atoms with Crippen LogP contribution in [-0.2, 0) is 16.4 Å². The molecule has 1 amide bonds. The highest BCUT2D eigenvalue weighted by molar-refractivity contribution is 7.89. The van der Waals surface area contributed by atoms with E-state index in [-0.39, 0.29) is 17.6 Å². The minimum Gasteiger partial charge on any atom is -0.454 e. The number of ether oxygens (including phenoxy) is 2. The van der Waals surface area contributed by atoms with Crippen molar-refractivity contribution >= 4 is 32.4 Å². The van der Waals surface area contributed by atoms with Crippen molar-refractivity contribution in [3.8, 4) is 11.5 Å². The molecule has 0 radical (unpaired) electrons. The number of benzene rings is 2. The van der Waals surface area contributed by atoms with Crippen LogP contribution in [0.4, 0.5) is 5.13 Å². The standard InChI is InChI=1S/C23H25N3O5S2/c1-14-20(12-15-5-10-18-19(11-15)31-13-30-18)32-22(24-14)25-21(27)16-6-8-17(9-7-16)33(28,29)26-23(2,3)4/h5-11,26H,12-13H2,1-4H3,(H,24,25,27). The molecular weight excluding hydrogens is 462 g/mol. The van der Waals surface area contributed by atoms with Crippen molar-refractivity contribution in [2.45, 2.75) is 44.6 Å². The second-order valence-corrected chi connectivity index (χ2v) is 11.5. The summed E-state index contributed by atoms with van der Waals surface area (Å²) in [4.78, 5) is 18.3. The zero-order valence-electron chi connectivity index (χ0n) is 18.8. The van der Waals surface area contributed by atoms with Gasteiger partial charge in [-0.05, 0) is 69.7 Å². The Morgan fingerprint density at radius 3 is 2.48 bits per heavy atom. The predicted octanol–water partition coefficient (Wildman–Crippen LogP) is 4.10. The van der Waals surface area contributed by atoms with E-state index < -0.39 is 15.6 Å². The van der Waals surface area contributed by atoms with Gasteiger partial charge in [-0.2, -0.15) is 0 Å². The maximum atomic E-state index is 12.7. The zero-order valence-corrected chi connectivity index (χ0v) is 20.4. The van der Waals surface area contributed by atoms with E-state index in [1.54, 1.807) is 20.8 Å². The van der Waals surface area contributed by atoms with Crippen LogP contribution in [0.15, 0.2) is 47.4 Å². The molecule has 0 spiro atoms. The number of anilines is 1. The second-order valence-electron chi connectivity index (χ2n) is 8.73. The highest BCUT2D eigenvalue weighted by Gasteiger charge is 2.22. The third-order valence-electron chi connectivity index (χ3n) is 4.78. The van der Waals surface area contributed by atoms with Gasteiger partial charge >= 0.3 is 0 Å². The summed E-state index contributed by atoms with van der Waals surface area (Å²) in [5.41, 5.74) is 1.64. The maximum Gasteiger partial charge on any atom is 0.257 e. The molecule has 0 atom stereocenters. The molecule has 2 N–H and O–H groups in total. The highest BCUT2D eigenvalue weighted by atomic mass is 32.2. The average Bonchev–Trinajstić information content (AvgIpc) is 3.32. The van der Waals surface area contributed by atoms with Crippen LogP contribution in [0.1, 0.15) is 47.3 Å². The van der Waals surface area contributed by atoms with Crippen LogP contribution in [0, 0.1) is 6.92 Å². The number of hydrogen-bond donors (Lipinski definition) is 2. The number of sulfonamides is 1. The van der Waals surface area contributed by atoms with Gasteiger partial charge in [0.2, 0.25) is 16.8 Å². The highest BCUT2D eigenvalue weighted by Crippen LogP contribution is 2.34. The zero-order chi connectivity index (χ0) is 23.8. The number of thiazole rings is 1. The van der Waals surface area contributed by atoms with Crippen molar-refractivity contribution in [2.24, 2.45) is 0 Å². The molecule has 0 aliphatic carbocycles. The molecule has 1 aliphatic heterocycles. The molecule has 0 bridgehead atoms. The molecule has 8 nitrogen and oxygen atoms in total. The molecule has 1 aliphatic rings. The van der Waals surface area contributed by atoms with Crippen LogP contribution < -0.4 is 19.5 Å². The molecule has 1 aromatic heterocycles. The lowest BCUT2D eigenvalue weighted by atomic mass is 10.1. The van der Waals surface area contributed by atoms with Crippen LogP contribution in [-0.4, -0.2) is 31.6 Å². The molecule has 4 rings (SSSR count). The predicted molar refractivity (Wildman–Crippen MR) is 127 cm³/mol. The van der Waals surface area contributed by atoms with E-state index in [1.807, 2.05) is 25.1 Å². The lowest BCUT2D eigenvalue weighted by Crippen LogP contribution is -2.40. The van der Waals surface area contributed by atoms with Crippen LogP contribution in [0.5, 0.6) is 11.5 Å². The summed E-state index contributed by atoms with van der Waals surface area (Å²) in [6.45, 7) is 7.43. The quantitative estimate of drug-likeness (QED) is 0.542. The third-order valence-corrected chi connectivity index (χ3v) is 7.63. The smallest absolute Gasteiger partial charge is 0.257 e. The summed E-state index contributed by atoms with van der Waals surface area (Å²) in [5.74, 6) is 1.11. The van der Waals surface area contributed by atoms with Gasteiger partial charge in [-0.15, -0.1) is 11.3 Å². The lowest BCUT2D eigenvalue weighted by molar-refractivity contribution is 0.102. The van der Waals surface area contributed by atoms with Crippen LogP contribution in [0.3, 0.4) is 0 Å². The SMILES string of the molecule is Cc1nc(NC(=O)c2ccc(S(=O)(=O)NC(C)(C)C)cc2)sc1Cc1ccc2c(c1)OCO2. The van der Waals surface area contributed by atoms with Crippen molar-refractivity contribution in [3.05, 3.63) is 64.2 Å². The number of hydrogen-bond acceptors (Lipinski definition) is 7. The number of nitrogens with zero attached hydrogens (tertiary/aromatic N) is 1. The fraction of sp³-hybridized carbons (Fsp3) is 0.304. The maximum absolute atomic E-state index is 12.7. The summed E-state index contributed by atoms with van der Waals surface area (Å²) < 4.78 is 38.2. The Balaban J connectivity index is 1.44. The van der Waals surface area contributed by atoms with Crippen molar-refractivity contribution < 1.29 is 22.7 Å². The van der Waals surface area contributed by atoms with Crippen LogP contribution in [0.2, 0.25) is 0 Å². The fourth-order valence-corrected chi connectivity index (χ4v) is 5.71. The van der Waals surface area contributed by atoms with E-state index in [1.165, 1.54) is 35.6 Å². The molecule has 33 heavy (non-hydrogen) atoms. The van der Waals surface area contributed by atoms with Gasteiger partial charge in [-0.25, -0.2) is 18.1 Å². The Hall–Kier alpha value is -2.95. The first-order valence-electron chi connectivity index (χ1n) is 10.3. The third kappa shape index (κ3) is 5.52. The summed E-state index contributed by atoms with van der Waals surface area (Å²) in [6, 6.07) is 11.6. The minimum atomic E-state index is -3.66. The number of aryl methyl sites for hydroxylation is 1. The first-order valence-corrected chi connectivity index (χ1v) is 12.6. The van der Waals surface area contributed by atoms with Crippen molar-refractivity contribution in [2.75, 3.05) is 12.1 Å². The average molecular weight is 488 g/mol. The van der Waals surface area contributed by atoms with Gasteiger partial charge in [0.05, 0.1) is 10.6 Å². The van der Waals surface area contributed by atoms with Gasteiger partial charge in [0, 0.05) is 22.4 Å². The Kier molecular flexibility index (Phi) is 6.17. The van der Waals surface area contributed by atoms with Crippen molar-refractivity contribution in [1.82, 2.24) is 9.71 Å². The summed E-state index contributed by atoms with van der Waals surface area (Å²) >= 11 is 1.40. The molecule has 0 saturated carbocycles. The molecule has 3 aromatic rings. The summed E-state index contributed by atoms with van der Waals surface area (Å²) in [6.07, 6.45) is 0.656. The van der Waals surface area contributed by atoms with Gasteiger partial charge in [0.15, 0.2) is 16.6 Å². The fourth-order valence-electron chi connectivity index (χ4n) is 3.30. The molecule has 0 unspecified atom stereocenters. The number of rotatable bonds is 6. The largest absolute Gasteiger partial charge is 0.454 e. The Labute approximate surface area is 197 Å². The van der Waals surface area contributed by atoms with Crippen LogP contribution in [0.25, 0.3) is 0 Å². The number of carbonyl (C=O) groups is 1. The molecular formula is C23H25N3O5S2. The van der Waals surface area contributed by atoms with Crippen LogP contribution >= 0.6 is 11.3 Å². The minimum absolute atomic E-state index is 0.102. The van der Waals surface area contributed by atoms with E-state index >= 15 is 0 Å². The first kappa shape index (κ1) is 23.2. The Bertz CT molecular complexity index is 1290. The molecule has 2 aromatic carbocycles. The summed E-state index contributed by atoms with van der Waals surface area (Å²) in [7, 11) is -3.66.